The van der Waals surface area contributed by atoms with Gasteiger partial charge in [0, 0.05) is 18.5 Å². The molecule has 27 heavy (non-hydrogen) atoms. The standard InChI is InChI=1S/C22H23N3O2/c1-14-8-9-15(2)17(12-14)13-25-19(10-11-20(25)26)22-23-21(24-27-22)18-7-5-4-6-16(18)3/h4-9,12,19H,10-11,13H2,1-3H3. The molecule has 1 saturated heterocycles. The molecular formula is C22H23N3O2. The monoisotopic (exact) mass is 361 g/mol. The molecule has 1 fully saturated rings. The number of benzene rings is 2. The molecule has 0 N–H and O–H groups in total. The Morgan fingerprint density at radius 1 is 1.11 bits per heavy atom. The molecule has 1 aliphatic rings. The molecule has 3 aromatic rings. The fourth-order valence-corrected chi connectivity index (χ4v) is 3.65. The van der Waals surface area contributed by atoms with Gasteiger partial charge >= 0.3 is 0 Å². The zero-order chi connectivity index (χ0) is 19.0. The maximum Gasteiger partial charge on any atom is 0.249 e. The highest BCUT2D eigenvalue weighted by atomic mass is 16.5. The Morgan fingerprint density at radius 2 is 1.93 bits per heavy atom. The van der Waals surface area contributed by atoms with Crippen LogP contribution in [0.4, 0.5) is 0 Å². The average Bonchev–Trinajstić information content (AvgIpc) is 3.26. The van der Waals surface area contributed by atoms with Gasteiger partial charge in [0.1, 0.15) is 6.04 Å². The Kier molecular flexibility index (Phi) is 4.52. The zero-order valence-corrected chi connectivity index (χ0v) is 15.9. The molecule has 1 aromatic heterocycles. The minimum atomic E-state index is -0.164. The number of hydrogen-bond donors (Lipinski definition) is 0. The minimum absolute atomic E-state index is 0.136. The van der Waals surface area contributed by atoms with E-state index in [0.29, 0.717) is 31.1 Å². The van der Waals surface area contributed by atoms with Gasteiger partial charge in [0.05, 0.1) is 0 Å². The lowest BCUT2D eigenvalue weighted by molar-refractivity contribution is -0.130. The Morgan fingerprint density at radius 3 is 2.74 bits per heavy atom. The molecule has 0 aliphatic carbocycles. The highest BCUT2D eigenvalue weighted by Crippen LogP contribution is 2.35. The first kappa shape index (κ1) is 17.5. The number of hydrogen-bond acceptors (Lipinski definition) is 4. The lowest BCUT2D eigenvalue weighted by atomic mass is 10.0. The molecule has 1 amide bonds. The van der Waals surface area contributed by atoms with Crippen LogP contribution in [0.1, 0.15) is 47.0 Å². The summed E-state index contributed by atoms with van der Waals surface area (Å²) < 4.78 is 5.57. The third-order valence-electron chi connectivity index (χ3n) is 5.29. The van der Waals surface area contributed by atoms with E-state index in [9.17, 15) is 4.79 Å². The van der Waals surface area contributed by atoms with Crippen molar-refractivity contribution in [2.24, 2.45) is 0 Å². The second-order valence-electron chi connectivity index (χ2n) is 7.28. The van der Waals surface area contributed by atoms with Crippen LogP contribution in [0, 0.1) is 20.8 Å². The summed E-state index contributed by atoms with van der Waals surface area (Å²) in [5, 5.41) is 4.17. The predicted octanol–water partition coefficient (Wildman–Crippen LogP) is 4.53. The molecule has 0 radical (unpaired) electrons. The quantitative estimate of drug-likeness (QED) is 0.685. The lowest BCUT2D eigenvalue weighted by Gasteiger charge is -2.23. The van der Waals surface area contributed by atoms with Crippen molar-refractivity contribution in [3.63, 3.8) is 0 Å². The molecule has 2 heterocycles. The van der Waals surface area contributed by atoms with Crippen LogP contribution in [0.5, 0.6) is 0 Å². The first-order valence-electron chi connectivity index (χ1n) is 9.28. The van der Waals surface area contributed by atoms with Gasteiger partial charge in [-0.2, -0.15) is 4.98 Å². The maximum absolute atomic E-state index is 12.5. The number of aryl methyl sites for hydroxylation is 3. The number of rotatable bonds is 4. The first-order valence-corrected chi connectivity index (χ1v) is 9.28. The first-order chi connectivity index (χ1) is 13.0. The van der Waals surface area contributed by atoms with Gasteiger partial charge in [-0.15, -0.1) is 0 Å². The molecule has 4 rings (SSSR count). The molecule has 0 saturated carbocycles. The normalized spacial score (nSPS) is 16.9. The van der Waals surface area contributed by atoms with E-state index in [2.05, 4.69) is 42.2 Å². The summed E-state index contributed by atoms with van der Waals surface area (Å²) in [5.41, 5.74) is 5.59. The summed E-state index contributed by atoms with van der Waals surface area (Å²) in [6.45, 7) is 6.74. The van der Waals surface area contributed by atoms with Crippen molar-refractivity contribution < 1.29 is 9.32 Å². The van der Waals surface area contributed by atoms with E-state index in [1.807, 2.05) is 36.1 Å². The van der Waals surface area contributed by atoms with Gasteiger partial charge in [0.25, 0.3) is 0 Å². The predicted molar refractivity (Wildman–Crippen MR) is 103 cm³/mol. The third-order valence-corrected chi connectivity index (χ3v) is 5.29. The topological polar surface area (TPSA) is 59.2 Å². The van der Waals surface area contributed by atoms with E-state index in [0.717, 1.165) is 16.7 Å². The smallest absolute Gasteiger partial charge is 0.249 e. The van der Waals surface area contributed by atoms with Gasteiger partial charge < -0.3 is 9.42 Å². The summed E-state index contributed by atoms with van der Waals surface area (Å²) in [5.74, 6) is 1.23. The zero-order valence-electron chi connectivity index (χ0n) is 15.9. The van der Waals surface area contributed by atoms with Gasteiger partial charge in [0.15, 0.2) is 0 Å². The van der Waals surface area contributed by atoms with E-state index in [-0.39, 0.29) is 11.9 Å². The Labute approximate surface area is 159 Å². The molecule has 0 bridgehead atoms. The van der Waals surface area contributed by atoms with Crippen molar-refractivity contribution in [1.82, 2.24) is 15.0 Å². The fourth-order valence-electron chi connectivity index (χ4n) is 3.65. The van der Waals surface area contributed by atoms with Crippen molar-refractivity contribution in [2.75, 3.05) is 0 Å². The van der Waals surface area contributed by atoms with Crippen LogP contribution < -0.4 is 0 Å². The van der Waals surface area contributed by atoms with Gasteiger partial charge in [-0.3, -0.25) is 4.79 Å². The van der Waals surface area contributed by atoms with Gasteiger partial charge in [-0.1, -0.05) is 53.2 Å². The van der Waals surface area contributed by atoms with Crippen LogP contribution in [0.15, 0.2) is 47.0 Å². The number of nitrogens with zero attached hydrogens (tertiary/aromatic N) is 3. The molecule has 1 unspecified atom stereocenters. The number of likely N-dealkylation sites (tertiary alicyclic amines) is 1. The summed E-state index contributed by atoms with van der Waals surface area (Å²) >= 11 is 0. The Hall–Kier alpha value is -2.95. The molecule has 0 spiro atoms. The molecule has 138 valence electrons. The van der Waals surface area contributed by atoms with Crippen LogP contribution >= 0.6 is 0 Å². The third kappa shape index (κ3) is 3.37. The van der Waals surface area contributed by atoms with Crippen molar-refractivity contribution >= 4 is 5.91 Å². The van der Waals surface area contributed by atoms with Gasteiger partial charge in [0.2, 0.25) is 17.6 Å². The van der Waals surface area contributed by atoms with E-state index in [1.165, 1.54) is 11.1 Å². The lowest BCUT2D eigenvalue weighted by Crippen LogP contribution is -2.27. The average molecular weight is 361 g/mol. The molecule has 1 atom stereocenters. The molecule has 5 heteroatoms. The second kappa shape index (κ2) is 6.99. The molecule has 1 aliphatic heterocycles. The SMILES string of the molecule is Cc1ccc(C)c(CN2C(=O)CCC2c2nc(-c3ccccc3C)no2)c1. The molecular weight excluding hydrogens is 338 g/mol. The maximum atomic E-state index is 12.5. The van der Waals surface area contributed by atoms with E-state index in [4.69, 9.17) is 4.52 Å². The highest BCUT2D eigenvalue weighted by Gasteiger charge is 2.36. The highest BCUT2D eigenvalue weighted by molar-refractivity contribution is 5.79. The summed E-state index contributed by atoms with van der Waals surface area (Å²) in [7, 11) is 0. The van der Waals surface area contributed by atoms with E-state index in [1.54, 1.807) is 0 Å². The Bertz CT molecular complexity index is 993. The second-order valence-corrected chi connectivity index (χ2v) is 7.28. The van der Waals surface area contributed by atoms with Crippen LogP contribution in [0.2, 0.25) is 0 Å². The van der Waals surface area contributed by atoms with E-state index < -0.39 is 0 Å². The molecule has 5 nitrogen and oxygen atoms in total. The number of aromatic nitrogens is 2. The number of amides is 1. The minimum Gasteiger partial charge on any atom is -0.337 e. The van der Waals surface area contributed by atoms with Gasteiger partial charge in [-0.05, 0) is 43.9 Å². The van der Waals surface area contributed by atoms with Crippen molar-refractivity contribution in [3.05, 3.63) is 70.6 Å². The van der Waals surface area contributed by atoms with Crippen LogP contribution in [0.3, 0.4) is 0 Å². The summed E-state index contributed by atoms with van der Waals surface area (Å²) in [6, 6.07) is 14.1. The summed E-state index contributed by atoms with van der Waals surface area (Å²) in [4.78, 5) is 19.0. The van der Waals surface area contributed by atoms with Crippen molar-refractivity contribution in [2.45, 2.75) is 46.2 Å². The van der Waals surface area contributed by atoms with Crippen LogP contribution in [-0.2, 0) is 11.3 Å². The van der Waals surface area contributed by atoms with Crippen LogP contribution in [0.25, 0.3) is 11.4 Å². The van der Waals surface area contributed by atoms with Crippen LogP contribution in [-0.4, -0.2) is 20.9 Å². The summed E-state index contributed by atoms with van der Waals surface area (Å²) in [6.07, 6.45) is 1.22. The van der Waals surface area contributed by atoms with E-state index >= 15 is 0 Å². The Balaban J connectivity index is 1.62. The largest absolute Gasteiger partial charge is 0.337 e. The van der Waals surface area contributed by atoms with Crippen molar-refractivity contribution in [3.8, 4) is 11.4 Å². The number of carbonyl (C=O) groups excluding carboxylic acids is 1. The molecule has 2 aromatic carbocycles. The van der Waals surface area contributed by atoms with Crippen molar-refractivity contribution in [1.29, 1.82) is 0 Å². The number of carbonyl (C=O) groups is 1. The van der Waals surface area contributed by atoms with Gasteiger partial charge in [-0.25, -0.2) is 0 Å². The fraction of sp³-hybridized carbons (Fsp3) is 0.318.